The Kier molecular flexibility index (Phi) is 3.27. The largest absolute Gasteiger partial charge is 0.298 e. The first-order valence-corrected chi connectivity index (χ1v) is 8.52. The smallest absolute Gasteiger partial charge is 0.158 e. The van der Waals surface area contributed by atoms with Gasteiger partial charge in [-0.15, -0.1) is 11.3 Å². The summed E-state index contributed by atoms with van der Waals surface area (Å²) in [7, 11) is 0. The molecule has 3 aromatic rings. The highest BCUT2D eigenvalue weighted by Crippen LogP contribution is 2.45. The molecule has 0 aliphatic heterocycles. The summed E-state index contributed by atoms with van der Waals surface area (Å²) in [4.78, 5) is 17.6. The Bertz CT molecular complexity index is 879. The van der Waals surface area contributed by atoms with Crippen LogP contribution in [0.1, 0.15) is 41.7 Å². The summed E-state index contributed by atoms with van der Waals surface area (Å²) >= 11 is 7.58. The molecule has 0 unspecified atom stereocenters. The molecule has 1 aliphatic rings. The average molecular weight is 332 g/mol. The predicted molar refractivity (Wildman–Crippen MR) is 88.9 cm³/mol. The van der Waals surface area contributed by atoms with Gasteiger partial charge >= 0.3 is 0 Å². The van der Waals surface area contributed by atoms with E-state index >= 15 is 0 Å². The Morgan fingerprint density at radius 1 is 1.45 bits per heavy atom. The molecule has 0 saturated heterocycles. The van der Waals surface area contributed by atoms with Gasteiger partial charge < -0.3 is 0 Å². The van der Waals surface area contributed by atoms with Crippen LogP contribution in [-0.4, -0.2) is 21.1 Å². The predicted octanol–water partition coefficient (Wildman–Crippen LogP) is 4.52. The molecule has 6 heteroatoms. The molecule has 3 heterocycles. The van der Waals surface area contributed by atoms with E-state index in [1.54, 1.807) is 6.20 Å². The van der Waals surface area contributed by atoms with Crippen LogP contribution in [0.3, 0.4) is 0 Å². The van der Waals surface area contributed by atoms with Gasteiger partial charge in [-0.05, 0) is 31.9 Å². The number of aromatic nitrogens is 3. The molecule has 0 amide bonds. The summed E-state index contributed by atoms with van der Waals surface area (Å²) in [5, 5.41) is 5.34. The molecule has 1 aliphatic carbocycles. The van der Waals surface area contributed by atoms with E-state index in [0.29, 0.717) is 15.8 Å². The van der Waals surface area contributed by atoms with E-state index in [9.17, 15) is 4.79 Å². The number of thiophene rings is 1. The minimum Gasteiger partial charge on any atom is -0.298 e. The standard InChI is InChI=1S/C16H14ClN3OS/c1-2-20-16-10(7-18-20)14(12-5-6-13(17)22-12)11(8-21)15(19-16)9-3-4-9/h5-9H,2-4H2,1H3. The van der Waals surface area contributed by atoms with Crippen molar-refractivity contribution < 1.29 is 4.79 Å². The fraction of sp³-hybridized carbons (Fsp3) is 0.312. The molecular weight excluding hydrogens is 318 g/mol. The van der Waals surface area contributed by atoms with Crippen molar-refractivity contribution in [1.82, 2.24) is 14.8 Å². The van der Waals surface area contributed by atoms with E-state index in [0.717, 1.165) is 52.8 Å². The molecule has 22 heavy (non-hydrogen) atoms. The third-order valence-electron chi connectivity index (χ3n) is 4.05. The third kappa shape index (κ3) is 2.08. The summed E-state index contributed by atoms with van der Waals surface area (Å²) in [6.45, 7) is 2.80. The summed E-state index contributed by atoms with van der Waals surface area (Å²) in [5.41, 5.74) is 3.40. The highest BCUT2D eigenvalue weighted by Gasteiger charge is 2.31. The Hall–Kier alpha value is -1.72. The van der Waals surface area contributed by atoms with E-state index < -0.39 is 0 Å². The molecule has 0 atom stereocenters. The molecule has 1 saturated carbocycles. The van der Waals surface area contributed by atoms with Gasteiger partial charge in [-0.2, -0.15) is 5.10 Å². The number of nitrogens with zero attached hydrogens (tertiary/aromatic N) is 3. The van der Waals surface area contributed by atoms with E-state index in [2.05, 4.69) is 5.10 Å². The number of carbonyl (C=O) groups excluding carboxylic acids is 1. The second kappa shape index (κ2) is 5.18. The minimum absolute atomic E-state index is 0.402. The van der Waals surface area contributed by atoms with Crippen molar-refractivity contribution >= 4 is 40.3 Å². The van der Waals surface area contributed by atoms with Gasteiger partial charge in [0, 0.05) is 33.9 Å². The van der Waals surface area contributed by atoms with Gasteiger partial charge in [0.25, 0.3) is 0 Å². The second-order valence-electron chi connectivity index (χ2n) is 5.48. The first-order valence-electron chi connectivity index (χ1n) is 7.33. The normalized spacial score (nSPS) is 14.6. The van der Waals surface area contributed by atoms with E-state index in [-0.39, 0.29) is 0 Å². The van der Waals surface area contributed by atoms with Crippen molar-refractivity contribution in [3.8, 4) is 10.4 Å². The lowest BCUT2D eigenvalue weighted by atomic mass is 10.0. The topological polar surface area (TPSA) is 47.8 Å². The highest BCUT2D eigenvalue weighted by molar-refractivity contribution is 7.19. The fourth-order valence-electron chi connectivity index (χ4n) is 2.85. The minimum atomic E-state index is 0.402. The van der Waals surface area contributed by atoms with Crippen LogP contribution in [0.25, 0.3) is 21.5 Å². The number of fused-ring (bicyclic) bond motifs is 1. The molecule has 3 aromatic heterocycles. The van der Waals surface area contributed by atoms with Crippen LogP contribution >= 0.6 is 22.9 Å². The number of aryl methyl sites for hydroxylation is 1. The van der Waals surface area contributed by atoms with E-state index in [4.69, 9.17) is 16.6 Å². The maximum absolute atomic E-state index is 11.8. The van der Waals surface area contributed by atoms with E-state index in [1.807, 2.05) is 23.7 Å². The van der Waals surface area contributed by atoms with Gasteiger partial charge in [0.1, 0.15) is 0 Å². The zero-order chi connectivity index (χ0) is 15.3. The SMILES string of the molecule is CCn1ncc2c(-c3ccc(Cl)s3)c(C=O)c(C3CC3)nc21. The van der Waals surface area contributed by atoms with Gasteiger partial charge in [0.15, 0.2) is 11.9 Å². The first-order chi connectivity index (χ1) is 10.7. The number of aldehydes is 1. The number of hydrogen-bond donors (Lipinski definition) is 0. The lowest BCUT2D eigenvalue weighted by Gasteiger charge is -2.10. The van der Waals surface area contributed by atoms with Crippen LogP contribution in [-0.2, 0) is 6.54 Å². The van der Waals surface area contributed by atoms with Crippen molar-refractivity contribution in [2.24, 2.45) is 0 Å². The van der Waals surface area contributed by atoms with Crippen molar-refractivity contribution in [3.05, 3.63) is 33.9 Å². The van der Waals surface area contributed by atoms with Gasteiger partial charge in [0.05, 0.1) is 16.2 Å². The van der Waals surface area contributed by atoms with Crippen molar-refractivity contribution in [3.63, 3.8) is 0 Å². The summed E-state index contributed by atoms with van der Waals surface area (Å²) < 4.78 is 2.60. The van der Waals surface area contributed by atoms with E-state index in [1.165, 1.54) is 11.3 Å². The molecule has 4 nitrogen and oxygen atoms in total. The molecule has 4 rings (SSSR count). The Labute approximate surface area is 136 Å². The monoisotopic (exact) mass is 331 g/mol. The lowest BCUT2D eigenvalue weighted by molar-refractivity contribution is 0.112. The molecule has 1 fully saturated rings. The number of pyridine rings is 1. The molecule has 0 N–H and O–H groups in total. The van der Waals surface area contributed by atoms with Crippen LogP contribution in [0.15, 0.2) is 18.3 Å². The number of hydrogen-bond acceptors (Lipinski definition) is 4. The van der Waals surface area contributed by atoms with Gasteiger partial charge in [0.2, 0.25) is 0 Å². The number of halogens is 1. The molecule has 112 valence electrons. The van der Waals surface area contributed by atoms with Crippen LogP contribution < -0.4 is 0 Å². The zero-order valence-electron chi connectivity index (χ0n) is 12.0. The Morgan fingerprint density at radius 3 is 2.86 bits per heavy atom. The fourth-order valence-corrected chi connectivity index (χ4v) is 3.97. The lowest BCUT2D eigenvalue weighted by Crippen LogP contribution is -2.03. The second-order valence-corrected chi connectivity index (χ2v) is 7.19. The van der Waals surface area contributed by atoms with Crippen molar-refractivity contribution in [1.29, 1.82) is 0 Å². The highest BCUT2D eigenvalue weighted by atomic mass is 35.5. The molecular formula is C16H14ClN3OS. The maximum atomic E-state index is 11.8. The van der Waals surface area contributed by atoms with Crippen molar-refractivity contribution in [2.75, 3.05) is 0 Å². The van der Waals surface area contributed by atoms with Crippen LogP contribution in [0, 0.1) is 0 Å². The quantitative estimate of drug-likeness (QED) is 0.660. The van der Waals surface area contributed by atoms with Gasteiger partial charge in [-0.3, -0.25) is 4.79 Å². The van der Waals surface area contributed by atoms with Crippen LogP contribution in [0.5, 0.6) is 0 Å². The van der Waals surface area contributed by atoms with Crippen LogP contribution in [0.2, 0.25) is 4.34 Å². The average Bonchev–Trinajstić information content (AvgIpc) is 3.16. The van der Waals surface area contributed by atoms with Crippen LogP contribution in [0.4, 0.5) is 0 Å². The molecule has 0 aromatic carbocycles. The molecule has 0 spiro atoms. The molecule has 0 radical (unpaired) electrons. The summed E-state index contributed by atoms with van der Waals surface area (Å²) in [5.74, 6) is 0.402. The maximum Gasteiger partial charge on any atom is 0.158 e. The summed E-state index contributed by atoms with van der Waals surface area (Å²) in [6.07, 6.45) is 4.94. The number of carbonyl (C=O) groups is 1. The zero-order valence-corrected chi connectivity index (χ0v) is 13.6. The van der Waals surface area contributed by atoms with Gasteiger partial charge in [-0.25, -0.2) is 9.67 Å². The first kappa shape index (κ1) is 13.9. The third-order valence-corrected chi connectivity index (χ3v) is 5.30. The summed E-state index contributed by atoms with van der Waals surface area (Å²) in [6, 6.07) is 3.83. The van der Waals surface area contributed by atoms with Gasteiger partial charge in [-0.1, -0.05) is 11.6 Å². The Balaban J connectivity index is 2.10. The van der Waals surface area contributed by atoms with Crippen molar-refractivity contribution in [2.45, 2.75) is 32.2 Å². The number of rotatable bonds is 4. The Morgan fingerprint density at radius 2 is 2.27 bits per heavy atom. The molecule has 0 bridgehead atoms.